The molecular formula is C21H25N3O3. The summed E-state index contributed by atoms with van der Waals surface area (Å²) in [6, 6.07) is 12.2. The van der Waals surface area contributed by atoms with E-state index >= 15 is 0 Å². The zero-order chi connectivity index (χ0) is 19.2. The summed E-state index contributed by atoms with van der Waals surface area (Å²) in [6.07, 6.45) is 0.0352. The van der Waals surface area contributed by atoms with Crippen molar-refractivity contribution in [3.05, 3.63) is 36.4 Å². The van der Waals surface area contributed by atoms with Gasteiger partial charge >= 0.3 is 6.09 Å². The van der Waals surface area contributed by atoms with Crippen molar-refractivity contribution >= 4 is 34.1 Å². The number of carbonyl (C=O) groups excluding carboxylic acids is 2. The van der Waals surface area contributed by atoms with Crippen LogP contribution < -0.4 is 10.2 Å². The summed E-state index contributed by atoms with van der Waals surface area (Å²) in [5.74, 6) is -0.0221. The second-order valence-electron chi connectivity index (χ2n) is 8.21. The molecule has 2 amide bonds. The molecule has 142 valence electrons. The van der Waals surface area contributed by atoms with Gasteiger partial charge < -0.3 is 19.9 Å². The molecule has 1 fully saturated rings. The lowest BCUT2D eigenvalue weighted by Gasteiger charge is -2.42. The molecule has 2 aromatic carbocycles. The monoisotopic (exact) mass is 367 g/mol. The van der Waals surface area contributed by atoms with E-state index in [1.165, 1.54) is 0 Å². The highest BCUT2D eigenvalue weighted by atomic mass is 16.6. The van der Waals surface area contributed by atoms with Crippen LogP contribution in [0.15, 0.2) is 36.4 Å². The number of nitrogens with one attached hydrogen (secondary N) is 1. The van der Waals surface area contributed by atoms with Crippen LogP contribution in [0.1, 0.15) is 27.2 Å². The Morgan fingerprint density at radius 2 is 1.93 bits per heavy atom. The first-order valence-corrected chi connectivity index (χ1v) is 9.38. The van der Waals surface area contributed by atoms with E-state index in [-0.39, 0.29) is 18.0 Å². The van der Waals surface area contributed by atoms with Gasteiger partial charge in [0.1, 0.15) is 5.60 Å². The Balaban J connectivity index is 1.65. The van der Waals surface area contributed by atoms with Gasteiger partial charge in [-0.15, -0.1) is 0 Å². The summed E-state index contributed by atoms with van der Waals surface area (Å²) in [5, 5.41) is 5.23. The largest absolute Gasteiger partial charge is 0.444 e. The van der Waals surface area contributed by atoms with Crippen molar-refractivity contribution in [3.8, 4) is 0 Å². The molecule has 6 nitrogen and oxygen atoms in total. The number of anilines is 2. The third kappa shape index (κ3) is 3.44. The quantitative estimate of drug-likeness (QED) is 0.773. The molecule has 2 aliphatic heterocycles. The molecule has 0 aromatic heterocycles. The van der Waals surface area contributed by atoms with Crippen LogP contribution in [0.25, 0.3) is 10.8 Å². The second-order valence-corrected chi connectivity index (χ2v) is 8.21. The molecule has 0 radical (unpaired) electrons. The van der Waals surface area contributed by atoms with Crippen molar-refractivity contribution in [2.24, 2.45) is 0 Å². The number of carbonyl (C=O) groups is 2. The molecule has 2 aromatic rings. The Bertz CT molecular complexity index is 903. The van der Waals surface area contributed by atoms with Crippen molar-refractivity contribution < 1.29 is 14.3 Å². The lowest BCUT2D eigenvalue weighted by molar-refractivity contribution is -0.116. The van der Waals surface area contributed by atoms with Gasteiger partial charge in [0, 0.05) is 31.4 Å². The van der Waals surface area contributed by atoms with Crippen LogP contribution in [0, 0.1) is 0 Å². The molecule has 27 heavy (non-hydrogen) atoms. The first-order valence-electron chi connectivity index (χ1n) is 9.38. The number of hydrogen-bond acceptors (Lipinski definition) is 4. The molecule has 0 bridgehead atoms. The van der Waals surface area contributed by atoms with Crippen molar-refractivity contribution in [1.29, 1.82) is 0 Å². The Morgan fingerprint density at radius 1 is 1.15 bits per heavy atom. The predicted molar refractivity (Wildman–Crippen MR) is 106 cm³/mol. The fourth-order valence-electron chi connectivity index (χ4n) is 3.87. The summed E-state index contributed by atoms with van der Waals surface area (Å²) in [6.45, 7) is 7.31. The fourth-order valence-corrected chi connectivity index (χ4v) is 3.87. The maximum Gasteiger partial charge on any atom is 0.410 e. The number of amides is 2. The van der Waals surface area contributed by atoms with Gasteiger partial charge in [-0.25, -0.2) is 4.79 Å². The predicted octanol–water partition coefficient (Wildman–Crippen LogP) is 3.61. The number of benzene rings is 2. The molecule has 1 N–H and O–H groups in total. The average Bonchev–Trinajstić information content (AvgIpc) is 2.75. The van der Waals surface area contributed by atoms with Crippen molar-refractivity contribution in [2.45, 2.75) is 38.8 Å². The first kappa shape index (κ1) is 17.6. The number of rotatable bonds is 0. The maximum absolute atomic E-state index is 12.6. The van der Waals surface area contributed by atoms with E-state index < -0.39 is 5.60 Å². The Labute approximate surface area is 159 Å². The molecule has 1 unspecified atom stereocenters. The molecule has 2 aliphatic rings. The van der Waals surface area contributed by atoms with Crippen LogP contribution in [0.2, 0.25) is 0 Å². The lowest BCUT2D eigenvalue weighted by Crippen LogP contribution is -2.55. The van der Waals surface area contributed by atoms with E-state index in [0.717, 1.165) is 22.1 Å². The topological polar surface area (TPSA) is 61.9 Å². The normalized spacial score (nSPS) is 19.8. The minimum Gasteiger partial charge on any atom is -0.444 e. The molecule has 1 atom stereocenters. The van der Waals surface area contributed by atoms with Gasteiger partial charge in [0.25, 0.3) is 0 Å². The number of ether oxygens (including phenoxy) is 1. The number of hydrogen-bond donors (Lipinski definition) is 1. The van der Waals surface area contributed by atoms with Crippen molar-refractivity contribution in [3.63, 3.8) is 0 Å². The van der Waals surface area contributed by atoms with Crippen LogP contribution in [-0.4, -0.2) is 48.2 Å². The summed E-state index contributed by atoms with van der Waals surface area (Å²) < 4.78 is 5.51. The van der Waals surface area contributed by atoms with Gasteiger partial charge in [-0.1, -0.05) is 30.3 Å². The Morgan fingerprint density at radius 3 is 2.70 bits per heavy atom. The number of piperazine rings is 1. The van der Waals surface area contributed by atoms with Crippen LogP contribution in [-0.2, 0) is 9.53 Å². The van der Waals surface area contributed by atoms with E-state index in [2.05, 4.69) is 22.3 Å². The highest BCUT2D eigenvalue weighted by Gasteiger charge is 2.36. The standard InChI is InChI=1S/C21H25N3O3/c1-21(2,3)27-20(26)23-10-11-24-15(13-23)12-18(25)22-19-16-7-5-4-6-14(16)8-9-17(19)24/h4-9,15H,10-13H2,1-3H3,(H,22,25). The summed E-state index contributed by atoms with van der Waals surface area (Å²) >= 11 is 0. The highest BCUT2D eigenvalue weighted by molar-refractivity contribution is 6.08. The smallest absolute Gasteiger partial charge is 0.410 e. The van der Waals surface area contributed by atoms with Crippen molar-refractivity contribution in [1.82, 2.24) is 4.90 Å². The molecule has 0 aliphatic carbocycles. The molecule has 1 saturated heterocycles. The van der Waals surface area contributed by atoms with Gasteiger partial charge in [0.05, 0.1) is 17.4 Å². The highest BCUT2D eigenvalue weighted by Crippen LogP contribution is 2.38. The van der Waals surface area contributed by atoms with Gasteiger partial charge in [-0.2, -0.15) is 0 Å². The molecule has 0 spiro atoms. The second kappa shape index (κ2) is 6.44. The first-order chi connectivity index (χ1) is 12.8. The van der Waals surface area contributed by atoms with Gasteiger partial charge in [0.15, 0.2) is 0 Å². The molecular weight excluding hydrogens is 342 g/mol. The average molecular weight is 367 g/mol. The molecule has 0 saturated carbocycles. The van der Waals surface area contributed by atoms with Crippen molar-refractivity contribution in [2.75, 3.05) is 29.9 Å². The summed E-state index contributed by atoms with van der Waals surface area (Å²) in [4.78, 5) is 29.0. The van der Waals surface area contributed by atoms with Crippen LogP contribution in [0.4, 0.5) is 16.2 Å². The Kier molecular flexibility index (Phi) is 4.21. The van der Waals surface area contributed by atoms with E-state index in [0.29, 0.717) is 26.1 Å². The van der Waals surface area contributed by atoms with Crippen LogP contribution in [0.5, 0.6) is 0 Å². The van der Waals surface area contributed by atoms with Gasteiger partial charge in [-0.3, -0.25) is 4.79 Å². The van der Waals surface area contributed by atoms with E-state index in [1.54, 1.807) is 4.90 Å². The van der Waals surface area contributed by atoms with Crippen LogP contribution >= 0.6 is 0 Å². The zero-order valence-electron chi connectivity index (χ0n) is 16.0. The Hall–Kier alpha value is -2.76. The fraction of sp³-hybridized carbons (Fsp3) is 0.429. The summed E-state index contributed by atoms with van der Waals surface area (Å²) in [7, 11) is 0. The third-order valence-corrected chi connectivity index (χ3v) is 5.04. The maximum atomic E-state index is 12.6. The number of fused-ring (bicyclic) bond motifs is 5. The molecule has 2 heterocycles. The SMILES string of the molecule is CC(C)(C)OC(=O)N1CCN2c3ccc4ccccc4c3NC(=O)CC2C1. The minimum absolute atomic E-state index is 0.0221. The lowest BCUT2D eigenvalue weighted by atomic mass is 10.0. The van der Waals surface area contributed by atoms with E-state index in [9.17, 15) is 9.59 Å². The minimum atomic E-state index is -0.527. The molecule has 4 rings (SSSR count). The third-order valence-electron chi connectivity index (χ3n) is 5.04. The van der Waals surface area contributed by atoms with E-state index in [1.807, 2.05) is 45.0 Å². The van der Waals surface area contributed by atoms with Gasteiger partial charge in [-0.05, 0) is 32.2 Å². The zero-order valence-corrected chi connectivity index (χ0v) is 16.0. The number of nitrogens with zero attached hydrogens (tertiary/aromatic N) is 2. The van der Waals surface area contributed by atoms with Crippen LogP contribution in [0.3, 0.4) is 0 Å². The molecule has 6 heteroatoms. The van der Waals surface area contributed by atoms with Gasteiger partial charge in [0.2, 0.25) is 5.91 Å². The summed E-state index contributed by atoms with van der Waals surface area (Å²) in [5.41, 5.74) is 1.36. The van der Waals surface area contributed by atoms with E-state index in [4.69, 9.17) is 4.74 Å².